The first-order valence-electron chi connectivity index (χ1n) is 5.74. The molecular weight excluding hydrogens is 266 g/mol. The molecule has 0 unspecified atom stereocenters. The first-order valence-corrected chi connectivity index (χ1v) is 7.11. The van der Waals surface area contributed by atoms with Crippen molar-refractivity contribution in [3.63, 3.8) is 0 Å². The maximum atomic E-state index is 6.00. The van der Waals surface area contributed by atoms with Crippen molar-refractivity contribution in [1.82, 2.24) is 4.98 Å². The molecule has 2 rings (SSSR count). The number of benzene rings is 1. The van der Waals surface area contributed by atoms with E-state index in [1.807, 2.05) is 36.4 Å². The van der Waals surface area contributed by atoms with Gasteiger partial charge in [-0.3, -0.25) is 0 Å². The van der Waals surface area contributed by atoms with Crippen LogP contribution in [0.4, 0.5) is 0 Å². The van der Waals surface area contributed by atoms with E-state index < -0.39 is 0 Å². The fraction of sp³-hybridized carbons (Fsp3) is 0.214. The highest BCUT2D eigenvalue weighted by atomic mass is 35.5. The van der Waals surface area contributed by atoms with Crippen molar-refractivity contribution in [3.05, 3.63) is 53.3 Å². The van der Waals surface area contributed by atoms with Gasteiger partial charge < -0.3 is 4.74 Å². The van der Waals surface area contributed by atoms with E-state index in [0.29, 0.717) is 11.8 Å². The number of hydrogen-bond acceptors (Lipinski definition) is 3. The molecule has 0 saturated heterocycles. The summed E-state index contributed by atoms with van der Waals surface area (Å²) in [6.07, 6.45) is 1.66. The second-order valence-electron chi connectivity index (χ2n) is 3.67. The fourth-order valence-electron chi connectivity index (χ4n) is 1.49. The Labute approximate surface area is 116 Å². The van der Waals surface area contributed by atoms with Crippen LogP contribution in [0.5, 0.6) is 5.75 Å². The summed E-state index contributed by atoms with van der Waals surface area (Å²) in [7, 11) is 0. The minimum Gasteiger partial charge on any atom is -0.487 e. The maximum Gasteiger partial charge on any atom is 0.142 e. The van der Waals surface area contributed by atoms with Crippen LogP contribution in [0, 0.1) is 0 Å². The second-order valence-corrected chi connectivity index (χ2v) is 5.33. The Morgan fingerprint density at radius 3 is 2.78 bits per heavy atom. The Kier molecular flexibility index (Phi) is 4.90. The third-order valence-electron chi connectivity index (χ3n) is 2.33. The lowest BCUT2D eigenvalue weighted by atomic mass is 10.2. The van der Waals surface area contributed by atoms with E-state index >= 15 is 0 Å². The summed E-state index contributed by atoms with van der Waals surface area (Å²) < 4.78 is 5.70. The molecule has 2 aromatic rings. The van der Waals surface area contributed by atoms with Gasteiger partial charge in [0.15, 0.2) is 0 Å². The SMILES string of the molecule is CCSc1cc(OCc2ccccc2)cnc1Cl. The van der Waals surface area contributed by atoms with Crippen molar-refractivity contribution in [2.45, 2.75) is 18.4 Å². The van der Waals surface area contributed by atoms with Crippen LogP contribution in [0.25, 0.3) is 0 Å². The molecule has 18 heavy (non-hydrogen) atoms. The predicted molar refractivity (Wildman–Crippen MR) is 76.4 cm³/mol. The number of hydrogen-bond donors (Lipinski definition) is 0. The van der Waals surface area contributed by atoms with Crippen molar-refractivity contribution in [2.24, 2.45) is 0 Å². The van der Waals surface area contributed by atoms with Gasteiger partial charge in [0.2, 0.25) is 0 Å². The highest BCUT2D eigenvalue weighted by Gasteiger charge is 2.04. The number of ether oxygens (including phenoxy) is 1. The lowest BCUT2D eigenvalue weighted by molar-refractivity contribution is 0.304. The standard InChI is InChI=1S/C14H14ClNOS/c1-2-18-13-8-12(9-16-14(13)15)17-10-11-6-4-3-5-7-11/h3-9H,2,10H2,1H3. The van der Waals surface area contributed by atoms with Crippen LogP contribution in [0.1, 0.15) is 12.5 Å². The number of aromatic nitrogens is 1. The number of pyridine rings is 1. The Morgan fingerprint density at radius 1 is 1.28 bits per heavy atom. The molecule has 1 aromatic heterocycles. The topological polar surface area (TPSA) is 22.1 Å². The van der Waals surface area contributed by atoms with Crippen molar-refractivity contribution >= 4 is 23.4 Å². The molecule has 1 heterocycles. The summed E-state index contributed by atoms with van der Waals surface area (Å²) in [6, 6.07) is 12.0. The summed E-state index contributed by atoms with van der Waals surface area (Å²) in [5.41, 5.74) is 1.14. The Morgan fingerprint density at radius 2 is 2.06 bits per heavy atom. The fourth-order valence-corrected chi connectivity index (χ4v) is 2.44. The monoisotopic (exact) mass is 279 g/mol. The van der Waals surface area contributed by atoms with Gasteiger partial charge in [-0.2, -0.15) is 0 Å². The van der Waals surface area contributed by atoms with Crippen LogP contribution in [0.3, 0.4) is 0 Å². The molecule has 0 amide bonds. The lowest BCUT2D eigenvalue weighted by Gasteiger charge is -2.08. The van der Waals surface area contributed by atoms with Gasteiger partial charge in [-0.25, -0.2) is 4.98 Å². The van der Waals surface area contributed by atoms with E-state index in [2.05, 4.69) is 11.9 Å². The van der Waals surface area contributed by atoms with Crippen LogP contribution < -0.4 is 4.74 Å². The highest BCUT2D eigenvalue weighted by molar-refractivity contribution is 7.99. The summed E-state index contributed by atoms with van der Waals surface area (Å²) >= 11 is 7.67. The number of halogens is 1. The number of nitrogens with zero attached hydrogens (tertiary/aromatic N) is 1. The second kappa shape index (κ2) is 6.66. The summed E-state index contributed by atoms with van der Waals surface area (Å²) in [6.45, 7) is 2.62. The minimum atomic E-state index is 0.536. The molecule has 0 saturated carbocycles. The molecule has 0 radical (unpaired) electrons. The average Bonchev–Trinajstić information content (AvgIpc) is 2.41. The minimum absolute atomic E-state index is 0.536. The van der Waals surface area contributed by atoms with Crippen LogP contribution in [-0.4, -0.2) is 10.7 Å². The molecule has 0 aliphatic heterocycles. The average molecular weight is 280 g/mol. The third-order valence-corrected chi connectivity index (χ3v) is 3.65. The molecule has 0 N–H and O–H groups in total. The molecule has 0 aliphatic carbocycles. The third kappa shape index (κ3) is 3.65. The van der Waals surface area contributed by atoms with Gasteiger partial charge in [-0.05, 0) is 17.4 Å². The molecule has 94 valence electrons. The first-order chi connectivity index (χ1) is 8.79. The molecule has 1 aromatic carbocycles. The van der Waals surface area contributed by atoms with E-state index in [1.54, 1.807) is 18.0 Å². The maximum absolute atomic E-state index is 6.00. The van der Waals surface area contributed by atoms with E-state index in [9.17, 15) is 0 Å². The largest absolute Gasteiger partial charge is 0.487 e. The molecule has 0 spiro atoms. The van der Waals surface area contributed by atoms with Gasteiger partial charge >= 0.3 is 0 Å². The van der Waals surface area contributed by atoms with Crippen molar-refractivity contribution in [3.8, 4) is 5.75 Å². The molecular formula is C14H14ClNOS. The zero-order chi connectivity index (χ0) is 12.8. The van der Waals surface area contributed by atoms with Gasteiger partial charge in [0.25, 0.3) is 0 Å². The van der Waals surface area contributed by atoms with Gasteiger partial charge in [0.1, 0.15) is 17.5 Å². The normalized spacial score (nSPS) is 10.3. The molecule has 0 fully saturated rings. The van der Waals surface area contributed by atoms with E-state index in [0.717, 1.165) is 22.0 Å². The van der Waals surface area contributed by atoms with Crippen LogP contribution in [0.2, 0.25) is 5.15 Å². The number of rotatable bonds is 5. The smallest absolute Gasteiger partial charge is 0.142 e. The molecule has 0 aliphatic rings. The first kappa shape index (κ1) is 13.2. The number of thioether (sulfide) groups is 1. The van der Waals surface area contributed by atoms with Crippen LogP contribution in [0.15, 0.2) is 47.5 Å². The van der Waals surface area contributed by atoms with Crippen molar-refractivity contribution in [2.75, 3.05) is 5.75 Å². The van der Waals surface area contributed by atoms with Gasteiger partial charge in [-0.1, -0.05) is 48.9 Å². The van der Waals surface area contributed by atoms with Crippen molar-refractivity contribution < 1.29 is 4.74 Å². The molecule has 0 bridgehead atoms. The molecule has 0 atom stereocenters. The van der Waals surface area contributed by atoms with E-state index in [-0.39, 0.29) is 0 Å². The van der Waals surface area contributed by atoms with E-state index in [4.69, 9.17) is 16.3 Å². The Bertz CT molecular complexity index is 504. The summed E-state index contributed by atoms with van der Waals surface area (Å²) in [5, 5.41) is 0.536. The zero-order valence-corrected chi connectivity index (χ0v) is 11.7. The lowest BCUT2D eigenvalue weighted by Crippen LogP contribution is -1.96. The van der Waals surface area contributed by atoms with Gasteiger partial charge in [0, 0.05) is 4.90 Å². The summed E-state index contributed by atoms with van der Waals surface area (Å²) in [5.74, 6) is 1.71. The zero-order valence-electron chi connectivity index (χ0n) is 10.1. The van der Waals surface area contributed by atoms with Crippen molar-refractivity contribution in [1.29, 1.82) is 0 Å². The van der Waals surface area contributed by atoms with Crippen LogP contribution >= 0.6 is 23.4 Å². The molecule has 4 heteroatoms. The quantitative estimate of drug-likeness (QED) is 0.597. The molecule has 2 nitrogen and oxygen atoms in total. The van der Waals surface area contributed by atoms with E-state index in [1.165, 1.54) is 0 Å². The van der Waals surface area contributed by atoms with Crippen LogP contribution in [-0.2, 0) is 6.61 Å². The predicted octanol–water partition coefficient (Wildman–Crippen LogP) is 4.43. The van der Waals surface area contributed by atoms with Gasteiger partial charge in [-0.15, -0.1) is 11.8 Å². The highest BCUT2D eigenvalue weighted by Crippen LogP contribution is 2.28. The Hall–Kier alpha value is -1.19. The van der Waals surface area contributed by atoms with Gasteiger partial charge in [0.05, 0.1) is 6.20 Å². The Balaban J connectivity index is 2.03. The summed E-state index contributed by atoms with van der Waals surface area (Å²) in [4.78, 5) is 5.09.